The van der Waals surface area contributed by atoms with Gasteiger partial charge in [0.2, 0.25) is 0 Å². The van der Waals surface area contributed by atoms with Crippen LogP contribution in [0, 0.1) is 6.92 Å². The van der Waals surface area contributed by atoms with Crippen molar-refractivity contribution in [3.8, 4) is 0 Å². The molecule has 1 fully saturated rings. The summed E-state index contributed by atoms with van der Waals surface area (Å²) in [4.78, 5) is 29.4. The van der Waals surface area contributed by atoms with Gasteiger partial charge in [0.25, 0.3) is 5.91 Å². The van der Waals surface area contributed by atoms with Crippen molar-refractivity contribution < 1.29 is 9.59 Å². The minimum Gasteiger partial charge on any atom is -0.282 e. The van der Waals surface area contributed by atoms with Crippen LogP contribution in [-0.4, -0.2) is 29.1 Å². The van der Waals surface area contributed by atoms with E-state index in [0.717, 1.165) is 21.7 Å². The summed E-state index contributed by atoms with van der Waals surface area (Å²) in [5.41, 5.74) is 2.83. The van der Waals surface area contributed by atoms with Crippen molar-refractivity contribution in [1.29, 1.82) is 0 Å². The number of nitrogens with zero attached hydrogens (tertiary/aromatic N) is 2. The second-order valence-electron chi connectivity index (χ2n) is 5.94. The Morgan fingerprint density at radius 1 is 1.00 bits per heavy atom. The smallest absolute Gasteiger partial charge is 0.282 e. The van der Waals surface area contributed by atoms with Crippen LogP contribution in [0.4, 0.5) is 10.5 Å². The van der Waals surface area contributed by atoms with E-state index in [1.165, 1.54) is 4.90 Å². The van der Waals surface area contributed by atoms with Gasteiger partial charge in [-0.05, 0) is 49.9 Å². The van der Waals surface area contributed by atoms with Crippen molar-refractivity contribution >= 4 is 29.4 Å². The van der Waals surface area contributed by atoms with Crippen molar-refractivity contribution in [2.45, 2.75) is 31.3 Å². The van der Waals surface area contributed by atoms with E-state index in [2.05, 4.69) is 0 Å². The van der Waals surface area contributed by atoms with Gasteiger partial charge in [0.1, 0.15) is 6.04 Å². The highest BCUT2D eigenvalue weighted by molar-refractivity contribution is 7.98. The lowest BCUT2D eigenvalue weighted by atomic mass is 10.2. The minimum absolute atomic E-state index is 0.158. The lowest BCUT2D eigenvalue weighted by Gasteiger charge is -2.19. The van der Waals surface area contributed by atoms with Gasteiger partial charge in [0, 0.05) is 10.6 Å². The van der Waals surface area contributed by atoms with Crippen molar-refractivity contribution in [3.05, 3.63) is 59.7 Å². The maximum Gasteiger partial charge on any atom is 0.332 e. The molecule has 1 aliphatic heterocycles. The molecule has 2 aromatic carbocycles. The van der Waals surface area contributed by atoms with Gasteiger partial charge in [0.05, 0.1) is 6.54 Å². The number of imide groups is 1. The molecule has 0 bridgehead atoms. The molecule has 3 amide bonds. The average Bonchev–Trinajstić information content (AvgIpc) is 2.80. The summed E-state index contributed by atoms with van der Waals surface area (Å²) >= 11 is 1.66. The fourth-order valence-electron chi connectivity index (χ4n) is 2.82. The van der Waals surface area contributed by atoms with E-state index in [4.69, 9.17) is 0 Å². The van der Waals surface area contributed by atoms with E-state index in [9.17, 15) is 9.59 Å². The van der Waals surface area contributed by atoms with Gasteiger partial charge in [0.15, 0.2) is 0 Å². The fraction of sp³-hybridized carbons (Fsp3) is 0.263. The number of hydrogen-bond acceptors (Lipinski definition) is 3. The van der Waals surface area contributed by atoms with E-state index in [-0.39, 0.29) is 11.9 Å². The molecular formula is C19H20N2O2S. The van der Waals surface area contributed by atoms with Crippen LogP contribution < -0.4 is 4.90 Å². The molecule has 4 nitrogen and oxygen atoms in total. The molecule has 0 saturated carbocycles. The predicted octanol–water partition coefficient (Wildman–Crippen LogP) is 4.07. The molecular weight excluding hydrogens is 320 g/mol. The molecule has 0 spiro atoms. The Labute approximate surface area is 146 Å². The van der Waals surface area contributed by atoms with E-state index in [1.54, 1.807) is 23.6 Å². The summed E-state index contributed by atoms with van der Waals surface area (Å²) in [6.07, 6.45) is 2.02. The van der Waals surface area contributed by atoms with Gasteiger partial charge in [-0.15, -0.1) is 11.8 Å². The van der Waals surface area contributed by atoms with Crippen LogP contribution >= 0.6 is 11.8 Å². The Morgan fingerprint density at radius 3 is 2.21 bits per heavy atom. The first-order valence-corrected chi connectivity index (χ1v) is 9.08. The summed E-state index contributed by atoms with van der Waals surface area (Å²) in [6.45, 7) is 4.07. The van der Waals surface area contributed by atoms with Crippen LogP contribution in [0.25, 0.3) is 0 Å². The number of anilines is 1. The van der Waals surface area contributed by atoms with Crippen LogP contribution in [0.1, 0.15) is 18.1 Å². The molecule has 2 aromatic rings. The summed E-state index contributed by atoms with van der Waals surface area (Å²) in [6, 6.07) is 14.9. The first-order valence-electron chi connectivity index (χ1n) is 7.85. The zero-order valence-corrected chi connectivity index (χ0v) is 14.8. The highest BCUT2D eigenvalue weighted by atomic mass is 32.2. The zero-order chi connectivity index (χ0) is 17.3. The fourth-order valence-corrected chi connectivity index (χ4v) is 3.23. The van der Waals surface area contributed by atoms with E-state index >= 15 is 0 Å². The molecule has 1 saturated heterocycles. The van der Waals surface area contributed by atoms with Crippen LogP contribution in [-0.2, 0) is 11.3 Å². The van der Waals surface area contributed by atoms with E-state index in [1.807, 2.05) is 61.7 Å². The van der Waals surface area contributed by atoms with E-state index < -0.39 is 6.04 Å². The monoisotopic (exact) mass is 340 g/mol. The number of rotatable bonds is 4. The predicted molar refractivity (Wildman–Crippen MR) is 97.3 cm³/mol. The number of thioether (sulfide) groups is 1. The van der Waals surface area contributed by atoms with E-state index in [0.29, 0.717) is 6.54 Å². The Kier molecular flexibility index (Phi) is 4.62. The quantitative estimate of drug-likeness (QED) is 0.622. The zero-order valence-electron chi connectivity index (χ0n) is 14.0. The molecule has 3 rings (SSSR count). The molecule has 124 valence electrons. The maximum atomic E-state index is 12.8. The number of hydrogen-bond donors (Lipinski definition) is 0. The molecule has 24 heavy (non-hydrogen) atoms. The Hall–Kier alpha value is -2.27. The molecule has 1 aliphatic rings. The largest absolute Gasteiger partial charge is 0.332 e. The summed E-state index contributed by atoms with van der Waals surface area (Å²) < 4.78 is 0. The van der Waals surface area contributed by atoms with Gasteiger partial charge in [-0.25, -0.2) is 4.79 Å². The lowest BCUT2D eigenvalue weighted by Crippen LogP contribution is -2.33. The minimum atomic E-state index is -0.481. The summed E-state index contributed by atoms with van der Waals surface area (Å²) in [5, 5.41) is 0. The molecule has 1 unspecified atom stereocenters. The highest BCUT2D eigenvalue weighted by Crippen LogP contribution is 2.27. The molecule has 1 heterocycles. The van der Waals surface area contributed by atoms with Crippen molar-refractivity contribution in [2.75, 3.05) is 11.2 Å². The Bertz CT molecular complexity index is 756. The molecule has 1 atom stereocenters. The standard InChI is InChI=1S/C19H20N2O2S/c1-13-4-8-16(9-5-13)21-14(2)18(22)20(19(21)23)12-15-6-10-17(24-3)11-7-15/h4-11,14H,12H2,1-3H3. The molecule has 0 aliphatic carbocycles. The Balaban J connectivity index is 1.83. The van der Waals surface area contributed by atoms with Crippen molar-refractivity contribution in [3.63, 3.8) is 0 Å². The van der Waals surface area contributed by atoms with Crippen LogP contribution in [0.5, 0.6) is 0 Å². The summed E-state index contributed by atoms with van der Waals surface area (Å²) in [7, 11) is 0. The number of carbonyl (C=O) groups is 2. The van der Waals surface area contributed by atoms with Gasteiger partial charge < -0.3 is 0 Å². The highest BCUT2D eigenvalue weighted by Gasteiger charge is 2.43. The number of carbonyl (C=O) groups excluding carboxylic acids is 2. The average molecular weight is 340 g/mol. The molecule has 0 N–H and O–H groups in total. The van der Waals surface area contributed by atoms with Crippen LogP contribution in [0.3, 0.4) is 0 Å². The second kappa shape index (κ2) is 6.69. The van der Waals surface area contributed by atoms with Gasteiger partial charge >= 0.3 is 6.03 Å². The topological polar surface area (TPSA) is 40.6 Å². The molecule has 0 aromatic heterocycles. The van der Waals surface area contributed by atoms with Crippen molar-refractivity contribution in [1.82, 2.24) is 4.90 Å². The number of aryl methyl sites for hydroxylation is 1. The first-order chi connectivity index (χ1) is 11.5. The second-order valence-corrected chi connectivity index (χ2v) is 6.82. The SMILES string of the molecule is CSc1ccc(CN2C(=O)C(C)N(c3ccc(C)cc3)C2=O)cc1. The third-order valence-corrected chi connectivity index (χ3v) is 5.00. The number of urea groups is 1. The van der Waals surface area contributed by atoms with Gasteiger partial charge in [-0.2, -0.15) is 0 Å². The van der Waals surface area contributed by atoms with Crippen LogP contribution in [0.15, 0.2) is 53.4 Å². The lowest BCUT2D eigenvalue weighted by molar-refractivity contribution is -0.127. The summed E-state index contributed by atoms with van der Waals surface area (Å²) in [5.74, 6) is -0.158. The third-order valence-electron chi connectivity index (χ3n) is 4.26. The number of benzene rings is 2. The van der Waals surface area contributed by atoms with Crippen molar-refractivity contribution in [2.24, 2.45) is 0 Å². The molecule has 5 heteroatoms. The first kappa shape index (κ1) is 16.6. The molecule has 0 radical (unpaired) electrons. The number of amides is 3. The van der Waals surface area contributed by atoms with Crippen LogP contribution in [0.2, 0.25) is 0 Å². The van der Waals surface area contributed by atoms with Gasteiger partial charge in [-0.1, -0.05) is 29.8 Å². The Morgan fingerprint density at radius 2 is 1.62 bits per heavy atom. The van der Waals surface area contributed by atoms with Gasteiger partial charge in [-0.3, -0.25) is 14.6 Å². The maximum absolute atomic E-state index is 12.8. The normalized spacial score (nSPS) is 17.7. The third kappa shape index (κ3) is 3.04.